The van der Waals surface area contributed by atoms with E-state index in [0.29, 0.717) is 12.0 Å². The number of anilines is 1. The summed E-state index contributed by atoms with van der Waals surface area (Å²) in [6, 6.07) is 13.7. The number of fused-ring (bicyclic) bond motifs is 1. The van der Waals surface area contributed by atoms with Gasteiger partial charge in [0.2, 0.25) is 0 Å². The normalized spacial score (nSPS) is 22.5. The lowest BCUT2D eigenvalue weighted by Gasteiger charge is -2.40. The van der Waals surface area contributed by atoms with Gasteiger partial charge in [-0.3, -0.25) is 4.18 Å². The summed E-state index contributed by atoms with van der Waals surface area (Å²) < 4.78 is 67.3. The number of hydrogen-bond donors (Lipinski definition) is 1. The Morgan fingerprint density at radius 2 is 1.81 bits per heavy atom. The number of hydrogen-bond acceptors (Lipinski definition) is 4. The van der Waals surface area contributed by atoms with E-state index in [2.05, 4.69) is 5.32 Å². The average molecular weight is 456 g/mol. The minimum atomic E-state index is -4.39. The van der Waals surface area contributed by atoms with Crippen LogP contribution >= 0.6 is 0 Å². The first-order valence-electron chi connectivity index (χ1n) is 10.3. The molecule has 0 saturated carbocycles. The second-order valence-corrected chi connectivity index (χ2v) is 10.1. The molecule has 0 aliphatic carbocycles. The van der Waals surface area contributed by atoms with Crippen LogP contribution in [0.25, 0.3) is 0 Å². The standard InChI is InChI=1S/C23H28F3NO3S/c1-15(14-30-31(3,28)29)9-11-19-16(2)20-13-18(23(24,25)26)10-12-21(20)27-22(19)17-7-5-4-6-8-17/h4-8,10,12-13,15-16,19,22,27H,9,11,14H2,1-3H3/t15-,16-,19+,22+/m0/s1. The maximum Gasteiger partial charge on any atom is 0.416 e. The van der Waals surface area contributed by atoms with Crippen molar-refractivity contribution < 1.29 is 25.8 Å². The van der Waals surface area contributed by atoms with Crippen molar-refractivity contribution in [2.24, 2.45) is 11.8 Å². The Labute approximate surface area is 181 Å². The first-order valence-corrected chi connectivity index (χ1v) is 12.1. The molecule has 1 aliphatic heterocycles. The lowest BCUT2D eigenvalue weighted by molar-refractivity contribution is -0.137. The third-order valence-electron chi connectivity index (χ3n) is 5.97. The van der Waals surface area contributed by atoms with Gasteiger partial charge in [0.05, 0.1) is 24.5 Å². The van der Waals surface area contributed by atoms with Crippen molar-refractivity contribution in [2.45, 2.75) is 44.8 Å². The lowest BCUT2D eigenvalue weighted by atomic mass is 9.73. The zero-order chi connectivity index (χ0) is 22.8. The molecule has 0 bridgehead atoms. The molecule has 1 aliphatic rings. The number of nitrogens with one attached hydrogen (secondary N) is 1. The van der Waals surface area contributed by atoms with Crippen LogP contribution in [0.15, 0.2) is 48.5 Å². The molecule has 4 nitrogen and oxygen atoms in total. The Balaban J connectivity index is 1.86. The zero-order valence-corrected chi connectivity index (χ0v) is 18.6. The van der Waals surface area contributed by atoms with Crippen molar-refractivity contribution in [3.8, 4) is 0 Å². The third-order valence-corrected chi connectivity index (χ3v) is 6.53. The van der Waals surface area contributed by atoms with Gasteiger partial charge in [0.25, 0.3) is 10.1 Å². The van der Waals surface area contributed by atoms with Crippen LogP contribution in [0.4, 0.5) is 18.9 Å². The van der Waals surface area contributed by atoms with E-state index in [4.69, 9.17) is 4.18 Å². The Morgan fingerprint density at radius 3 is 2.42 bits per heavy atom. The van der Waals surface area contributed by atoms with E-state index in [-0.39, 0.29) is 30.4 Å². The fraction of sp³-hybridized carbons (Fsp3) is 0.478. The minimum absolute atomic E-state index is 0.00116. The Bertz CT molecular complexity index is 993. The van der Waals surface area contributed by atoms with E-state index < -0.39 is 21.9 Å². The summed E-state index contributed by atoms with van der Waals surface area (Å²) >= 11 is 0. The minimum Gasteiger partial charge on any atom is -0.378 e. The average Bonchev–Trinajstić information content (AvgIpc) is 2.70. The molecule has 170 valence electrons. The molecule has 0 radical (unpaired) electrons. The van der Waals surface area contributed by atoms with Crippen LogP contribution in [0.1, 0.15) is 55.3 Å². The largest absolute Gasteiger partial charge is 0.416 e. The van der Waals surface area contributed by atoms with Crippen LogP contribution in [0.2, 0.25) is 0 Å². The fourth-order valence-electron chi connectivity index (χ4n) is 4.25. The first-order chi connectivity index (χ1) is 14.5. The van der Waals surface area contributed by atoms with Gasteiger partial charge in [0, 0.05) is 5.69 Å². The maximum absolute atomic E-state index is 13.3. The summed E-state index contributed by atoms with van der Waals surface area (Å²) in [7, 11) is -3.50. The molecule has 8 heteroatoms. The second-order valence-electron chi connectivity index (χ2n) is 8.46. The number of rotatable bonds is 7. The molecule has 4 atom stereocenters. The van der Waals surface area contributed by atoms with Gasteiger partial charge in [-0.2, -0.15) is 21.6 Å². The smallest absolute Gasteiger partial charge is 0.378 e. The third kappa shape index (κ3) is 6.01. The molecular weight excluding hydrogens is 427 g/mol. The van der Waals surface area contributed by atoms with Crippen LogP contribution in [0.5, 0.6) is 0 Å². The summed E-state index contributed by atoms with van der Waals surface area (Å²) in [5.41, 5.74) is 1.81. The van der Waals surface area contributed by atoms with Gasteiger partial charge >= 0.3 is 6.18 Å². The summed E-state index contributed by atoms with van der Waals surface area (Å²) in [5.74, 6) is -0.0629. The highest BCUT2D eigenvalue weighted by atomic mass is 32.2. The van der Waals surface area contributed by atoms with Crippen LogP contribution in [0.3, 0.4) is 0 Å². The molecule has 3 rings (SSSR count). The van der Waals surface area contributed by atoms with Gasteiger partial charge in [-0.1, -0.05) is 44.2 Å². The molecule has 1 heterocycles. The van der Waals surface area contributed by atoms with Crippen LogP contribution in [-0.2, 0) is 20.5 Å². The fourth-order valence-corrected chi connectivity index (χ4v) is 4.73. The first kappa shape index (κ1) is 23.6. The number of benzene rings is 2. The second kappa shape index (κ2) is 9.20. The summed E-state index contributed by atoms with van der Waals surface area (Å²) in [5, 5.41) is 3.46. The maximum atomic E-state index is 13.3. The zero-order valence-electron chi connectivity index (χ0n) is 17.8. The number of alkyl halides is 3. The topological polar surface area (TPSA) is 55.4 Å². The van der Waals surface area contributed by atoms with Crippen molar-refractivity contribution >= 4 is 15.8 Å². The van der Waals surface area contributed by atoms with Crippen LogP contribution in [-0.4, -0.2) is 21.3 Å². The van der Waals surface area contributed by atoms with Gasteiger partial charge in [0.1, 0.15) is 0 Å². The van der Waals surface area contributed by atoms with E-state index in [1.807, 2.05) is 44.2 Å². The molecular formula is C23H28F3NO3S. The molecule has 0 fully saturated rings. The molecule has 0 unspecified atom stereocenters. The Kier molecular flexibility index (Phi) is 7.01. The van der Waals surface area contributed by atoms with Crippen LogP contribution < -0.4 is 5.32 Å². The Hall–Kier alpha value is -2.06. The Morgan fingerprint density at radius 1 is 1.13 bits per heavy atom. The van der Waals surface area contributed by atoms with Gasteiger partial charge < -0.3 is 5.32 Å². The van der Waals surface area contributed by atoms with E-state index in [9.17, 15) is 21.6 Å². The molecule has 2 aromatic carbocycles. The molecule has 0 saturated heterocycles. The molecule has 1 N–H and O–H groups in total. The summed E-state index contributed by atoms with van der Waals surface area (Å²) in [4.78, 5) is 0. The summed E-state index contributed by atoms with van der Waals surface area (Å²) in [6.07, 6.45) is -1.95. The molecule has 0 aromatic heterocycles. The highest BCUT2D eigenvalue weighted by Gasteiger charge is 2.37. The quantitative estimate of drug-likeness (QED) is 0.522. The van der Waals surface area contributed by atoms with E-state index in [0.717, 1.165) is 30.0 Å². The van der Waals surface area contributed by atoms with Crippen molar-refractivity contribution in [1.29, 1.82) is 0 Å². The number of halogens is 3. The van der Waals surface area contributed by atoms with Crippen molar-refractivity contribution in [1.82, 2.24) is 0 Å². The van der Waals surface area contributed by atoms with E-state index in [1.165, 1.54) is 12.1 Å². The predicted molar refractivity (Wildman–Crippen MR) is 115 cm³/mol. The van der Waals surface area contributed by atoms with Gasteiger partial charge in [-0.25, -0.2) is 0 Å². The summed E-state index contributed by atoms with van der Waals surface area (Å²) in [6.45, 7) is 3.98. The predicted octanol–water partition coefficient (Wildman–Crippen LogP) is 5.98. The molecule has 0 amide bonds. The van der Waals surface area contributed by atoms with E-state index in [1.54, 1.807) is 0 Å². The highest BCUT2D eigenvalue weighted by Crippen LogP contribution is 2.48. The van der Waals surface area contributed by atoms with Gasteiger partial charge in [-0.05, 0) is 59.9 Å². The lowest BCUT2D eigenvalue weighted by Crippen LogP contribution is -2.31. The van der Waals surface area contributed by atoms with Crippen LogP contribution in [0, 0.1) is 11.8 Å². The van der Waals surface area contributed by atoms with Gasteiger partial charge in [-0.15, -0.1) is 0 Å². The van der Waals surface area contributed by atoms with Crippen molar-refractivity contribution in [3.63, 3.8) is 0 Å². The van der Waals surface area contributed by atoms with Gasteiger partial charge in [0.15, 0.2) is 0 Å². The monoisotopic (exact) mass is 455 g/mol. The SMILES string of the molecule is C[C@@H](CC[C@@H]1[C@H](C)c2cc(C(F)(F)F)ccc2N[C@@H]1c1ccccc1)COS(C)(=O)=O. The molecule has 31 heavy (non-hydrogen) atoms. The molecule has 2 aromatic rings. The van der Waals surface area contributed by atoms with Crippen molar-refractivity contribution in [3.05, 3.63) is 65.2 Å². The highest BCUT2D eigenvalue weighted by molar-refractivity contribution is 7.85. The van der Waals surface area contributed by atoms with E-state index >= 15 is 0 Å². The molecule has 0 spiro atoms. The van der Waals surface area contributed by atoms with Crippen molar-refractivity contribution in [2.75, 3.05) is 18.2 Å².